The van der Waals surface area contributed by atoms with Gasteiger partial charge in [-0.25, -0.2) is 0 Å². The summed E-state index contributed by atoms with van der Waals surface area (Å²) in [6, 6.07) is 11.0. The molecule has 1 saturated heterocycles. The van der Waals surface area contributed by atoms with Crippen molar-refractivity contribution in [2.45, 2.75) is 37.0 Å². The van der Waals surface area contributed by atoms with Gasteiger partial charge in [0.05, 0.1) is 11.7 Å². The molecular formula is C23H21BrF3NO2. The van der Waals surface area contributed by atoms with E-state index in [1.165, 1.54) is 30.4 Å². The van der Waals surface area contributed by atoms with Crippen molar-refractivity contribution in [3.05, 3.63) is 75.3 Å². The average Bonchev–Trinajstić information content (AvgIpc) is 2.99. The Bertz CT molecular complexity index is 994. The van der Waals surface area contributed by atoms with Crippen LogP contribution in [0.25, 0.3) is 6.08 Å². The quantitative estimate of drug-likeness (QED) is 0.579. The normalized spacial score (nSPS) is 20.7. The summed E-state index contributed by atoms with van der Waals surface area (Å²) in [7, 11) is 0. The highest BCUT2D eigenvalue weighted by molar-refractivity contribution is 9.10. The van der Waals surface area contributed by atoms with Crippen LogP contribution in [-0.2, 0) is 16.4 Å². The van der Waals surface area contributed by atoms with Crippen LogP contribution in [0.2, 0.25) is 0 Å². The van der Waals surface area contributed by atoms with E-state index in [0.717, 1.165) is 21.7 Å². The third-order valence-corrected chi connectivity index (χ3v) is 6.88. The number of rotatable bonds is 2. The number of aliphatic hydroxyl groups excluding tert-OH is 1. The minimum absolute atomic E-state index is 0.0244. The van der Waals surface area contributed by atoms with Crippen molar-refractivity contribution in [3.8, 4) is 0 Å². The number of hydrogen-bond acceptors (Lipinski definition) is 2. The lowest BCUT2D eigenvalue weighted by molar-refractivity contribution is -0.137. The van der Waals surface area contributed by atoms with Gasteiger partial charge in [-0.3, -0.25) is 4.79 Å². The molecule has 0 bridgehead atoms. The maximum Gasteiger partial charge on any atom is 0.416 e. The molecule has 3 nitrogen and oxygen atoms in total. The Morgan fingerprint density at radius 3 is 2.53 bits per heavy atom. The smallest absolute Gasteiger partial charge is 0.388 e. The van der Waals surface area contributed by atoms with Crippen molar-refractivity contribution < 1.29 is 23.1 Å². The first-order valence-corrected chi connectivity index (χ1v) is 10.6. The Morgan fingerprint density at radius 1 is 1.13 bits per heavy atom. The van der Waals surface area contributed by atoms with Gasteiger partial charge in [0.25, 0.3) is 0 Å². The number of aliphatic hydroxyl groups is 1. The Balaban J connectivity index is 1.48. The standard InChI is InChI=1S/C23H21BrF3NO2/c24-18-7-3-5-16-19(29)14-22(21(16)18)10-12-28(13-11-22)20(30)9-8-15-4-1-2-6-17(15)23(25,26)27/h1-9,19,29H,10-14H2/b9-8+. The molecule has 0 radical (unpaired) electrons. The van der Waals surface area contributed by atoms with Gasteiger partial charge in [-0.15, -0.1) is 0 Å². The van der Waals surface area contributed by atoms with Crippen molar-refractivity contribution in [2.24, 2.45) is 0 Å². The molecule has 0 saturated carbocycles. The number of benzene rings is 2. The number of likely N-dealkylation sites (tertiary alicyclic amines) is 1. The van der Waals surface area contributed by atoms with E-state index in [0.29, 0.717) is 32.4 Å². The first-order valence-electron chi connectivity index (χ1n) is 9.81. The molecule has 1 heterocycles. The summed E-state index contributed by atoms with van der Waals surface area (Å²) in [4.78, 5) is 14.3. The van der Waals surface area contributed by atoms with E-state index in [1.54, 1.807) is 4.90 Å². The van der Waals surface area contributed by atoms with Crippen LogP contribution in [0.1, 0.15) is 47.6 Å². The zero-order valence-electron chi connectivity index (χ0n) is 16.1. The summed E-state index contributed by atoms with van der Waals surface area (Å²) in [5.41, 5.74) is 1.10. The summed E-state index contributed by atoms with van der Waals surface area (Å²) in [5, 5.41) is 10.5. The molecule has 1 unspecified atom stereocenters. The van der Waals surface area contributed by atoms with Crippen molar-refractivity contribution in [3.63, 3.8) is 0 Å². The Morgan fingerprint density at radius 2 is 1.83 bits per heavy atom. The predicted octanol–water partition coefficient (Wildman–Crippen LogP) is 5.48. The fraction of sp³-hybridized carbons (Fsp3) is 0.348. The summed E-state index contributed by atoms with van der Waals surface area (Å²) >= 11 is 3.61. The van der Waals surface area contributed by atoms with Crippen LogP contribution >= 0.6 is 15.9 Å². The van der Waals surface area contributed by atoms with E-state index in [1.807, 2.05) is 18.2 Å². The van der Waals surface area contributed by atoms with E-state index < -0.39 is 17.8 Å². The number of amides is 1. The summed E-state index contributed by atoms with van der Waals surface area (Å²) in [6.45, 7) is 0.995. The fourth-order valence-electron chi connectivity index (χ4n) is 4.74. The van der Waals surface area contributed by atoms with Crippen LogP contribution < -0.4 is 0 Å². The van der Waals surface area contributed by atoms with E-state index in [2.05, 4.69) is 15.9 Å². The molecule has 2 aromatic rings. The maximum atomic E-state index is 13.1. The molecular weight excluding hydrogens is 459 g/mol. The molecule has 1 aliphatic carbocycles. The molecule has 158 valence electrons. The van der Waals surface area contributed by atoms with Gasteiger partial charge < -0.3 is 10.0 Å². The molecule has 1 N–H and O–H groups in total. The highest BCUT2D eigenvalue weighted by Crippen LogP contribution is 2.53. The number of fused-ring (bicyclic) bond motifs is 2. The molecule has 30 heavy (non-hydrogen) atoms. The molecule has 0 aromatic heterocycles. The molecule has 1 atom stereocenters. The van der Waals surface area contributed by atoms with Gasteiger partial charge in [-0.05, 0) is 54.2 Å². The fourth-order valence-corrected chi connectivity index (χ4v) is 5.54. The first-order chi connectivity index (χ1) is 14.2. The molecule has 2 aromatic carbocycles. The molecule has 1 spiro atoms. The molecule has 1 fully saturated rings. The zero-order chi connectivity index (χ0) is 21.5. The third kappa shape index (κ3) is 3.81. The monoisotopic (exact) mass is 479 g/mol. The topological polar surface area (TPSA) is 40.5 Å². The van der Waals surface area contributed by atoms with Gasteiger partial charge in [0.15, 0.2) is 0 Å². The second kappa shape index (κ2) is 7.85. The summed E-state index contributed by atoms with van der Waals surface area (Å²) in [6.07, 6.45) is -0.487. The van der Waals surface area contributed by atoms with Gasteiger partial charge in [-0.1, -0.05) is 46.3 Å². The Hall–Kier alpha value is -2.12. The van der Waals surface area contributed by atoms with Crippen LogP contribution in [0, 0.1) is 0 Å². The number of hydrogen-bond donors (Lipinski definition) is 1. The van der Waals surface area contributed by atoms with Crippen molar-refractivity contribution in [1.82, 2.24) is 4.90 Å². The van der Waals surface area contributed by atoms with Gasteiger partial charge in [0.1, 0.15) is 0 Å². The van der Waals surface area contributed by atoms with E-state index >= 15 is 0 Å². The molecule has 4 rings (SSSR count). The lowest BCUT2D eigenvalue weighted by Crippen LogP contribution is -2.44. The first kappa shape index (κ1) is 21.1. The molecule has 1 amide bonds. The van der Waals surface area contributed by atoms with Gasteiger partial charge in [-0.2, -0.15) is 13.2 Å². The number of piperidine rings is 1. The third-order valence-electron chi connectivity index (χ3n) is 6.22. The minimum atomic E-state index is -4.47. The van der Waals surface area contributed by atoms with Crippen LogP contribution in [0.15, 0.2) is 53.0 Å². The Labute approximate surface area is 181 Å². The van der Waals surface area contributed by atoms with Gasteiger partial charge >= 0.3 is 6.18 Å². The molecule has 2 aliphatic rings. The number of halogens is 4. The average molecular weight is 480 g/mol. The van der Waals surface area contributed by atoms with Gasteiger partial charge in [0.2, 0.25) is 5.91 Å². The number of nitrogens with zero attached hydrogens (tertiary/aromatic N) is 1. The molecule has 7 heteroatoms. The van der Waals surface area contributed by atoms with Gasteiger partial charge in [0, 0.05) is 29.1 Å². The number of carbonyl (C=O) groups is 1. The van der Waals surface area contributed by atoms with Crippen molar-refractivity contribution in [2.75, 3.05) is 13.1 Å². The summed E-state index contributed by atoms with van der Waals surface area (Å²) < 4.78 is 40.4. The van der Waals surface area contributed by atoms with E-state index in [-0.39, 0.29) is 16.9 Å². The zero-order valence-corrected chi connectivity index (χ0v) is 17.7. The lowest BCUT2D eigenvalue weighted by Gasteiger charge is -2.40. The van der Waals surface area contributed by atoms with E-state index in [4.69, 9.17) is 0 Å². The second-order valence-electron chi connectivity index (χ2n) is 7.95. The van der Waals surface area contributed by atoms with Crippen molar-refractivity contribution >= 4 is 27.9 Å². The SMILES string of the molecule is O=C(/C=C/c1ccccc1C(F)(F)F)N1CCC2(CC1)CC(O)c1cccc(Br)c12. The van der Waals surface area contributed by atoms with Crippen molar-refractivity contribution in [1.29, 1.82) is 0 Å². The lowest BCUT2D eigenvalue weighted by atomic mass is 9.73. The Kier molecular flexibility index (Phi) is 5.53. The van der Waals surface area contributed by atoms with Crippen LogP contribution in [0.4, 0.5) is 13.2 Å². The maximum absolute atomic E-state index is 13.1. The summed E-state index contributed by atoms with van der Waals surface area (Å²) in [5.74, 6) is -0.298. The van der Waals surface area contributed by atoms with Crippen LogP contribution in [0.5, 0.6) is 0 Å². The number of alkyl halides is 3. The van der Waals surface area contributed by atoms with Crippen LogP contribution in [0.3, 0.4) is 0 Å². The highest BCUT2D eigenvalue weighted by Gasteiger charge is 2.46. The number of carbonyl (C=O) groups excluding carboxylic acids is 1. The largest absolute Gasteiger partial charge is 0.416 e. The minimum Gasteiger partial charge on any atom is -0.388 e. The van der Waals surface area contributed by atoms with Crippen LogP contribution in [-0.4, -0.2) is 29.0 Å². The highest BCUT2D eigenvalue weighted by atomic mass is 79.9. The molecule has 1 aliphatic heterocycles. The predicted molar refractivity (Wildman–Crippen MR) is 112 cm³/mol. The second-order valence-corrected chi connectivity index (χ2v) is 8.80. The van der Waals surface area contributed by atoms with E-state index in [9.17, 15) is 23.1 Å².